The molecule has 4 aromatic rings. The first-order valence-electron chi connectivity index (χ1n) is 18.0. The standard InChI is InChI=1S/C38H50Cl2N8O3Si/c1-38(2,3)52(6,7)51-21-18-41-26-16-10-19-47-32(26)22-29(44-47)36(49)42-27-14-8-12-24(34(27)39)25-13-9-15-28(35(25)40)43-37(50)30-23-33-31(46(4)5)17-11-20-48(33)45-30/h8-9,12-15,22-23,26,31,41H,10-11,16-21H2,1-7H3,(H,42,49)(H,43,50)/t26-,31-/m0/s1. The van der Waals surface area contributed by atoms with Crippen molar-refractivity contribution in [2.24, 2.45) is 0 Å². The van der Waals surface area contributed by atoms with Gasteiger partial charge >= 0.3 is 0 Å². The van der Waals surface area contributed by atoms with E-state index in [0.717, 1.165) is 56.7 Å². The first-order chi connectivity index (χ1) is 24.6. The van der Waals surface area contributed by atoms with Crippen LogP contribution < -0.4 is 16.0 Å². The van der Waals surface area contributed by atoms with E-state index in [4.69, 9.17) is 27.6 Å². The second-order valence-electron chi connectivity index (χ2n) is 15.5. The van der Waals surface area contributed by atoms with Crippen molar-refractivity contribution in [3.63, 3.8) is 0 Å². The van der Waals surface area contributed by atoms with Gasteiger partial charge in [-0.2, -0.15) is 10.2 Å². The summed E-state index contributed by atoms with van der Waals surface area (Å²) in [7, 11) is 2.25. The summed E-state index contributed by atoms with van der Waals surface area (Å²) in [6.45, 7) is 14.1. The van der Waals surface area contributed by atoms with Crippen molar-refractivity contribution in [2.75, 3.05) is 37.9 Å². The lowest BCUT2D eigenvalue weighted by Gasteiger charge is -2.36. The third kappa shape index (κ3) is 8.02. The minimum atomic E-state index is -1.82. The van der Waals surface area contributed by atoms with E-state index in [1.54, 1.807) is 24.3 Å². The highest BCUT2D eigenvalue weighted by Gasteiger charge is 2.37. The van der Waals surface area contributed by atoms with Crippen molar-refractivity contribution in [1.29, 1.82) is 0 Å². The van der Waals surface area contributed by atoms with Gasteiger partial charge in [0, 0.05) is 43.4 Å². The predicted octanol–water partition coefficient (Wildman–Crippen LogP) is 8.40. The molecule has 0 spiro atoms. The number of anilines is 2. The first-order valence-corrected chi connectivity index (χ1v) is 21.7. The summed E-state index contributed by atoms with van der Waals surface area (Å²) in [6.07, 6.45) is 3.95. The van der Waals surface area contributed by atoms with Gasteiger partial charge in [-0.1, -0.05) is 68.2 Å². The summed E-state index contributed by atoms with van der Waals surface area (Å²) in [4.78, 5) is 29.1. The molecule has 2 amide bonds. The molecule has 0 aliphatic carbocycles. The van der Waals surface area contributed by atoms with Crippen LogP contribution in [0.1, 0.15) is 90.9 Å². The van der Waals surface area contributed by atoms with Crippen molar-refractivity contribution in [3.05, 3.63) is 81.4 Å². The summed E-state index contributed by atoms with van der Waals surface area (Å²) in [6, 6.07) is 14.8. The summed E-state index contributed by atoms with van der Waals surface area (Å²) in [5, 5.41) is 19.6. The van der Waals surface area contributed by atoms with Crippen LogP contribution >= 0.6 is 23.2 Å². The molecule has 2 aromatic carbocycles. The van der Waals surface area contributed by atoms with Gasteiger partial charge in [0.05, 0.1) is 38.8 Å². The number of benzene rings is 2. The van der Waals surface area contributed by atoms with Gasteiger partial charge in [0.15, 0.2) is 19.7 Å². The van der Waals surface area contributed by atoms with Crippen LogP contribution in [0.3, 0.4) is 0 Å². The number of nitrogens with zero attached hydrogens (tertiary/aromatic N) is 5. The Balaban J connectivity index is 1.14. The number of hydrogen-bond donors (Lipinski definition) is 3. The Bertz CT molecular complexity index is 1950. The summed E-state index contributed by atoms with van der Waals surface area (Å²) < 4.78 is 10.2. The second kappa shape index (κ2) is 15.4. The molecular formula is C38H50Cl2N8O3Si. The van der Waals surface area contributed by atoms with Crippen molar-refractivity contribution < 1.29 is 14.0 Å². The van der Waals surface area contributed by atoms with Crippen LogP contribution in [0.25, 0.3) is 11.1 Å². The topological polar surface area (TPSA) is 118 Å². The number of hydrogen-bond acceptors (Lipinski definition) is 7. The molecule has 0 unspecified atom stereocenters. The van der Waals surface area contributed by atoms with Crippen LogP contribution in [-0.4, -0.2) is 71.8 Å². The van der Waals surface area contributed by atoms with E-state index >= 15 is 0 Å². The highest BCUT2D eigenvalue weighted by molar-refractivity contribution is 6.74. The fourth-order valence-electron chi connectivity index (χ4n) is 6.70. The number of amides is 2. The Morgan fingerprint density at radius 3 is 1.92 bits per heavy atom. The summed E-state index contributed by atoms with van der Waals surface area (Å²) >= 11 is 13.8. The van der Waals surface area contributed by atoms with Crippen molar-refractivity contribution >= 4 is 54.7 Å². The first kappa shape index (κ1) is 38.2. The molecule has 52 heavy (non-hydrogen) atoms. The normalized spacial score (nSPS) is 17.5. The highest BCUT2D eigenvalue weighted by atomic mass is 35.5. The largest absolute Gasteiger partial charge is 0.416 e. The van der Waals surface area contributed by atoms with Crippen molar-refractivity contribution in [1.82, 2.24) is 29.8 Å². The minimum Gasteiger partial charge on any atom is -0.416 e. The van der Waals surface area contributed by atoms with Gasteiger partial charge in [-0.15, -0.1) is 0 Å². The zero-order chi connectivity index (χ0) is 37.4. The molecule has 2 aromatic heterocycles. The van der Waals surface area contributed by atoms with Crippen LogP contribution in [0.4, 0.5) is 11.4 Å². The zero-order valence-electron chi connectivity index (χ0n) is 31.1. The fourth-order valence-corrected chi connectivity index (χ4v) is 8.29. The number of carbonyl (C=O) groups excluding carboxylic acids is 2. The number of carbonyl (C=O) groups is 2. The number of halogens is 2. The molecule has 2 aliphatic rings. The van der Waals surface area contributed by atoms with Gasteiger partial charge in [0.25, 0.3) is 11.8 Å². The predicted molar refractivity (Wildman–Crippen MR) is 211 cm³/mol. The number of aromatic nitrogens is 4. The minimum absolute atomic E-state index is 0.0848. The molecule has 3 N–H and O–H groups in total. The van der Waals surface area contributed by atoms with Gasteiger partial charge < -0.3 is 25.3 Å². The van der Waals surface area contributed by atoms with Gasteiger partial charge in [0.1, 0.15) is 0 Å². The maximum Gasteiger partial charge on any atom is 0.276 e. The monoisotopic (exact) mass is 764 g/mol. The third-order valence-electron chi connectivity index (χ3n) is 10.7. The van der Waals surface area contributed by atoms with Gasteiger partial charge in [-0.3, -0.25) is 19.0 Å². The van der Waals surface area contributed by atoms with Crippen molar-refractivity contribution in [2.45, 2.75) is 89.8 Å². The summed E-state index contributed by atoms with van der Waals surface area (Å²) in [5.41, 5.74) is 4.76. The third-order valence-corrected chi connectivity index (χ3v) is 16.0. The van der Waals surface area contributed by atoms with E-state index in [1.807, 2.05) is 47.7 Å². The molecule has 11 nitrogen and oxygen atoms in total. The van der Waals surface area contributed by atoms with E-state index in [0.29, 0.717) is 50.5 Å². The zero-order valence-corrected chi connectivity index (χ0v) is 33.7. The molecule has 14 heteroatoms. The molecule has 2 atom stereocenters. The lowest BCUT2D eigenvalue weighted by molar-refractivity contribution is 0.101. The Morgan fingerprint density at radius 1 is 0.865 bits per heavy atom. The molecule has 0 radical (unpaired) electrons. The van der Waals surface area contributed by atoms with Gasteiger partial charge in [-0.05, 0) is 82.2 Å². The lowest BCUT2D eigenvalue weighted by Crippen LogP contribution is -2.42. The summed E-state index contributed by atoms with van der Waals surface area (Å²) in [5.74, 6) is -0.697. The molecule has 2 aliphatic heterocycles. The molecule has 0 bridgehead atoms. The van der Waals surface area contributed by atoms with Crippen LogP contribution in [-0.2, 0) is 17.5 Å². The number of rotatable bonds is 11. The number of nitrogens with one attached hydrogen (secondary N) is 3. The smallest absolute Gasteiger partial charge is 0.276 e. The second-order valence-corrected chi connectivity index (χ2v) is 21.0. The Morgan fingerprint density at radius 2 is 1.38 bits per heavy atom. The van der Waals surface area contributed by atoms with Crippen LogP contribution in [0.5, 0.6) is 0 Å². The SMILES string of the molecule is CN(C)[C@H]1CCCn2nc(C(=O)Nc3cccc(-c4cccc(NC(=O)c5cc6n(n5)CCC[C@@H]6NCCO[Si](C)(C)C(C)(C)C)c4Cl)c3Cl)cc21. The van der Waals surface area contributed by atoms with Crippen molar-refractivity contribution in [3.8, 4) is 11.1 Å². The van der Waals surface area contributed by atoms with Crippen LogP contribution in [0.15, 0.2) is 48.5 Å². The molecule has 0 saturated heterocycles. The molecule has 4 heterocycles. The molecule has 6 rings (SSSR count). The molecule has 278 valence electrons. The lowest BCUT2D eigenvalue weighted by atomic mass is 10.0. The van der Waals surface area contributed by atoms with E-state index in [2.05, 4.69) is 64.9 Å². The maximum atomic E-state index is 13.5. The van der Waals surface area contributed by atoms with E-state index in [1.165, 1.54) is 0 Å². The van der Waals surface area contributed by atoms with Crippen LogP contribution in [0, 0.1) is 0 Å². The molecule has 0 fully saturated rings. The Kier molecular flexibility index (Phi) is 11.4. The van der Waals surface area contributed by atoms with E-state index in [9.17, 15) is 9.59 Å². The molecule has 0 saturated carbocycles. The average Bonchev–Trinajstić information content (AvgIpc) is 3.74. The average molecular weight is 766 g/mol. The van der Waals surface area contributed by atoms with Gasteiger partial charge in [0.2, 0.25) is 0 Å². The molecular weight excluding hydrogens is 715 g/mol. The van der Waals surface area contributed by atoms with Gasteiger partial charge in [-0.25, -0.2) is 0 Å². The fraction of sp³-hybridized carbons (Fsp3) is 0.474. The maximum absolute atomic E-state index is 13.5. The Hall–Kier alpha value is -3.52. The van der Waals surface area contributed by atoms with E-state index in [-0.39, 0.29) is 28.9 Å². The Labute approximate surface area is 317 Å². The highest BCUT2D eigenvalue weighted by Crippen LogP contribution is 2.41. The quantitative estimate of drug-likeness (QED) is 0.104. The van der Waals surface area contributed by atoms with E-state index < -0.39 is 8.32 Å². The van der Waals surface area contributed by atoms with Crippen LogP contribution in [0.2, 0.25) is 28.2 Å². The number of aryl methyl sites for hydroxylation is 2. The number of fused-ring (bicyclic) bond motifs is 2.